The molecule has 0 spiro atoms. The van der Waals surface area contributed by atoms with Crippen LogP contribution in [0.3, 0.4) is 0 Å². The van der Waals surface area contributed by atoms with Crippen LogP contribution in [0.5, 0.6) is 5.75 Å². The van der Waals surface area contributed by atoms with E-state index in [9.17, 15) is 24.3 Å². The number of benzene rings is 3. The lowest BCUT2D eigenvalue weighted by Gasteiger charge is -2.35. The number of carbonyl (C=O) groups is 4. The number of thioether (sulfide) groups is 2. The van der Waals surface area contributed by atoms with Gasteiger partial charge in [-0.15, -0.1) is 11.8 Å². The highest BCUT2D eigenvalue weighted by molar-refractivity contribution is 8.00. The second-order valence-electron chi connectivity index (χ2n) is 13.8. The highest BCUT2D eigenvalue weighted by atomic mass is 32.2. The van der Waals surface area contributed by atoms with Gasteiger partial charge in [0.05, 0.1) is 11.9 Å². The van der Waals surface area contributed by atoms with Crippen LogP contribution in [0.25, 0.3) is 11.1 Å². The SMILES string of the molecule is CSC[C@H](NC(=O)COc1cccc(-c2ccccc2)c1)C(=O)N[C@@H](Cc1ccccc1)[C@H](O)C(=O)N1CSC(C)(C)[C@H]1C(=O)NC(C)(C)C. The minimum Gasteiger partial charge on any atom is -0.484 e. The summed E-state index contributed by atoms with van der Waals surface area (Å²) < 4.78 is 5.17. The van der Waals surface area contributed by atoms with Crippen LogP contribution in [0.1, 0.15) is 40.2 Å². The summed E-state index contributed by atoms with van der Waals surface area (Å²) in [5.41, 5.74) is 2.23. The molecule has 4 rings (SSSR count). The van der Waals surface area contributed by atoms with Crippen molar-refractivity contribution in [1.82, 2.24) is 20.9 Å². The fourth-order valence-corrected chi connectivity index (χ4v) is 7.42. The third-order valence-corrected chi connectivity index (χ3v) is 10.2. The normalized spacial score (nSPS) is 17.3. The highest BCUT2D eigenvalue weighted by Gasteiger charge is 2.50. The third-order valence-electron chi connectivity index (χ3n) is 8.13. The first-order valence-corrected chi connectivity index (χ1v) is 18.9. The Kier molecular flexibility index (Phi) is 13.4. The summed E-state index contributed by atoms with van der Waals surface area (Å²) >= 11 is 2.82. The van der Waals surface area contributed by atoms with Crippen molar-refractivity contribution in [3.63, 3.8) is 0 Å². The van der Waals surface area contributed by atoms with E-state index in [0.717, 1.165) is 16.7 Å². The Morgan fingerprint density at radius 2 is 1.60 bits per heavy atom. The van der Waals surface area contributed by atoms with Crippen molar-refractivity contribution in [3.05, 3.63) is 90.5 Å². The summed E-state index contributed by atoms with van der Waals surface area (Å²) in [4.78, 5) is 55.6. The Morgan fingerprint density at radius 1 is 0.960 bits per heavy atom. The van der Waals surface area contributed by atoms with Crippen molar-refractivity contribution in [2.45, 2.75) is 75.6 Å². The monoisotopic (exact) mass is 720 g/mol. The molecule has 1 heterocycles. The lowest BCUT2D eigenvalue weighted by atomic mass is 9.96. The van der Waals surface area contributed by atoms with Crippen LogP contribution in [0, 0.1) is 0 Å². The molecular weight excluding hydrogens is 673 g/mol. The number of aliphatic hydroxyl groups excluding tert-OH is 1. The van der Waals surface area contributed by atoms with Gasteiger partial charge in [-0.3, -0.25) is 19.2 Å². The Morgan fingerprint density at radius 3 is 2.24 bits per heavy atom. The third kappa shape index (κ3) is 10.7. The van der Waals surface area contributed by atoms with Crippen molar-refractivity contribution in [2.24, 2.45) is 0 Å². The minimum absolute atomic E-state index is 0.142. The molecule has 0 aromatic heterocycles. The number of hydrogen-bond acceptors (Lipinski definition) is 8. The maximum absolute atomic E-state index is 14.0. The fourth-order valence-electron chi connectivity index (χ4n) is 5.72. The Balaban J connectivity index is 1.47. The maximum Gasteiger partial charge on any atom is 0.258 e. The molecule has 0 bridgehead atoms. The molecule has 3 aromatic carbocycles. The van der Waals surface area contributed by atoms with E-state index in [0.29, 0.717) is 5.75 Å². The summed E-state index contributed by atoms with van der Waals surface area (Å²) in [6.07, 6.45) is 0.293. The molecule has 4 atom stereocenters. The number of carbonyl (C=O) groups excluding carboxylic acids is 4. The quantitative estimate of drug-likeness (QED) is 0.194. The van der Waals surface area contributed by atoms with E-state index in [1.54, 1.807) is 6.07 Å². The van der Waals surface area contributed by atoms with E-state index in [4.69, 9.17) is 4.74 Å². The summed E-state index contributed by atoms with van der Waals surface area (Å²) in [7, 11) is 0. The summed E-state index contributed by atoms with van der Waals surface area (Å²) in [6, 6.07) is 23.6. The zero-order valence-electron chi connectivity index (χ0n) is 29.5. The number of aliphatic hydroxyl groups is 1. The van der Waals surface area contributed by atoms with Crippen molar-refractivity contribution >= 4 is 47.2 Å². The van der Waals surface area contributed by atoms with Crippen LogP contribution < -0.4 is 20.7 Å². The van der Waals surface area contributed by atoms with Crippen molar-refractivity contribution in [1.29, 1.82) is 0 Å². The first-order valence-electron chi connectivity index (χ1n) is 16.5. The Hall–Kier alpha value is -4.00. The molecule has 268 valence electrons. The summed E-state index contributed by atoms with van der Waals surface area (Å²) in [5.74, 6) is -1.06. The number of nitrogens with zero attached hydrogens (tertiary/aromatic N) is 1. The summed E-state index contributed by atoms with van der Waals surface area (Å²) in [6.45, 7) is 9.08. The van der Waals surface area contributed by atoms with E-state index in [-0.39, 0.29) is 30.6 Å². The molecular formula is C38H48N4O6S2. The van der Waals surface area contributed by atoms with Crippen LogP contribution in [0.2, 0.25) is 0 Å². The molecule has 50 heavy (non-hydrogen) atoms. The molecule has 4 amide bonds. The van der Waals surface area contributed by atoms with Crippen LogP contribution in [-0.4, -0.2) is 92.6 Å². The Labute approximate surface area is 303 Å². The van der Waals surface area contributed by atoms with Gasteiger partial charge >= 0.3 is 0 Å². The average molecular weight is 721 g/mol. The van der Waals surface area contributed by atoms with E-state index < -0.39 is 52.2 Å². The molecule has 1 aliphatic heterocycles. The predicted octanol–water partition coefficient (Wildman–Crippen LogP) is 4.26. The van der Waals surface area contributed by atoms with E-state index >= 15 is 0 Å². The zero-order chi connectivity index (χ0) is 36.5. The van der Waals surface area contributed by atoms with Gasteiger partial charge in [0, 0.05) is 16.0 Å². The highest BCUT2D eigenvalue weighted by Crippen LogP contribution is 2.40. The smallest absolute Gasteiger partial charge is 0.258 e. The van der Waals surface area contributed by atoms with Crippen LogP contribution in [0.15, 0.2) is 84.9 Å². The molecule has 10 nitrogen and oxygen atoms in total. The first kappa shape index (κ1) is 38.8. The lowest BCUT2D eigenvalue weighted by Crippen LogP contribution is -2.61. The largest absolute Gasteiger partial charge is 0.484 e. The average Bonchev–Trinajstić information content (AvgIpc) is 3.41. The van der Waals surface area contributed by atoms with Crippen molar-refractivity contribution < 1.29 is 29.0 Å². The number of hydrogen-bond donors (Lipinski definition) is 4. The van der Waals surface area contributed by atoms with Gasteiger partial charge in [-0.05, 0) is 76.1 Å². The van der Waals surface area contributed by atoms with E-state index in [2.05, 4.69) is 16.0 Å². The lowest BCUT2D eigenvalue weighted by molar-refractivity contribution is -0.148. The van der Waals surface area contributed by atoms with Crippen LogP contribution in [-0.2, 0) is 25.6 Å². The molecule has 1 aliphatic rings. The minimum atomic E-state index is -1.66. The standard InChI is InChI=1S/C38H48N4O6S2/c1-37(2,3)41-35(46)33-38(4,5)50-24-42(33)36(47)32(44)29(20-25-14-9-7-10-15-25)40-34(45)30(23-49-6)39-31(43)22-48-28-19-13-18-27(21-28)26-16-11-8-12-17-26/h7-19,21,29-30,32-33,44H,20,22-24H2,1-6H3,(H,39,43)(H,40,45)(H,41,46)/t29-,30-,32-,33+/m0/s1. The van der Waals surface area contributed by atoms with Crippen LogP contribution in [0.4, 0.5) is 0 Å². The molecule has 4 N–H and O–H groups in total. The number of ether oxygens (including phenoxy) is 1. The van der Waals surface area contributed by atoms with Gasteiger partial charge in [-0.25, -0.2) is 0 Å². The predicted molar refractivity (Wildman–Crippen MR) is 201 cm³/mol. The summed E-state index contributed by atoms with van der Waals surface area (Å²) in [5, 5.41) is 20.2. The Bertz CT molecular complexity index is 1620. The fraction of sp³-hybridized carbons (Fsp3) is 0.421. The van der Waals surface area contributed by atoms with Gasteiger partial charge in [-0.1, -0.05) is 72.8 Å². The van der Waals surface area contributed by atoms with Gasteiger partial charge < -0.3 is 30.7 Å². The molecule has 1 fully saturated rings. The number of nitrogens with one attached hydrogen (secondary N) is 3. The van der Waals surface area contributed by atoms with Crippen LogP contribution >= 0.6 is 23.5 Å². The van der Waals surface area contributed by atoms with Gasteiger partial charge in [0.15, 0.2) is 12.7 Å². The van der Waals surface area contributed by atoms with Gasteiger partial charge in [-0.2, -0.15) is 11.8 Å². The van der Waals surface area contributed by atoms with Gasteiger partial charge in [0.1, 0.15) is 17.8 Å². The second kappa shape index (κ2) is 17.3. The molecule has 0 unspecified atom stereocenters. The first-order chi connectivity index (χ1) is 23.7. The zero-order valence-corrected chi connectivity index (χ0v) is 31.1. The second-order valence-corrected chi connectivity index (χ2v) is 16.3. The van der Waals surface area contributed by atoms with Gasteiger partial charge in [0.25, 0.3) is 11.8 Å². The molecule has 0 radical (unpaired) electrons. The molecule has 12 heteroatoms. The molecule has 0 saturated carbocycles. The topological polar surface area (TPSA) is 137 Å². The molecule has 1 saturated heterocycles. The van der Waals surface area contributed by atoms with E-state index in [1.807, 2.05) is 120 Å². The maximum atomic E-state index is 14.0. The van der Waals surface area contributed by atoms with Crippen molar-refractivity contribution in [2.75, 3.05) is 24.5 Å². The van der Waals surface area contributed by atoms with Gasteiger partial charge in [0.2, 0.25) is 11.8 Å². The number of rotatable bonds is 14. The van der Waals surface area contributed by atoms with Crippen molar-refractivity contribution in [3.8, 4) is 16.9 Å². The molecule has 0 aliphatic carbocycles. The number of amides is 4. The van der Waals surface area contributed by atoms with E-state index in [1.165, 1.54) is 28.4 Å². The molecule has 3 aromatic rings.